The lowest BCUT2D eigenvalue weighted by atomic mass is 9.84. The largest absolute Gasteiger partial charge is 0.491 e. The molecule has 1 aliphatic carbocycles. The van der Waals surface area contributed by atoms with E-state index >= 15 is 0 Å². The van der Waals surface area contributed by atoms with E-state index in [1.54, 1.807) is 0 Å². The summed E-state index contributed by atoms with van der Waals surface area (Å²) in [5.41, 5.74) is 1.12. The van der Waals surface area contributed by atoms with Crippen LogP contribution in [0.5, 0.6) is 5.75 Å². The van der Waals surface area contributed by atoms with Crippen LogP contribution in [0, 0.1) is 5.92 Å². The van der Waals surface area contributed by atoms with Gasteiger partial charge in [0.15, 0.2) is 0 Å². The number of nitrogens with zero attached hydrogens (tertiary/aromatic N) is 1. The molecule has 3 nitrogen and oxygen atoms in total. The van der Waals surface area contributed by atoms with Crippen LogP contribution < -0.4 is 4.74 Å². The van der Waals surface area contributed by atoms with E-state index in [0.717, 1.165) is 24.2 Å². The first-order chi connectivity index (χ1) is 8.34. The molecule has 3 rings (SSSR count). The highest BCUT2D eigenvalue weighted by Gasteiger charge is 2.30. The highest BCUT2D eigenvalue weighted by molar-refractivity contribution is 5.79. The number of carbonyl (C=O) groups excluding carboxylic acids is 1. The third kappa shape index (κ3) is 2.02. The second-order valence-electron chi connectivity index (χ2n) is 4.84. The highest BCUT2D eigenvalue weighted by atomic mass is 16.5. The molecule has 1 fully saturated rings. The van der Waals surface area contributed by atoms with Gasteiger partial charge in [0.1, 0.15) is 12.4 Å². The highest BCUT2D eigenvalue weighted by Crippen LogP contribution is 2.30. The van der Waals surface area contributed by atoms with Crippen molar-refractivity contribution in [2.75, 3.05) is 13.2 Å². The first-order valence-corrected chi connectivity index (χ1v) is 6.34. The number of hydrogen-bond donors (Lipinski definition) is 0. The fourth-order valence-electron chi connectivity index (χ4n) is 2.43. The number of fused-ring (bicyclic) bond motifs is 1. The SMILES string of the molecule is O=C(C1CCC1)N1CCOc2ccccc2C1. The number of carbonyl (C=O) groups is 1. The van der Waals surface area contributed by atoms with Crippen molar-refractivity contribution in [1.82, 2.24) is 4.90 Å². The molecule has 1 aliphatic heterocycles. The van der Waals surface area contributed by atoms with Gasteiger partial charge in [-0.15, -0.1) is 0 Å². The van der Waals surface area contributed by atoms with Crippen molar-refractivity contribution in [3.05, 3.63) is 29.8 Å². The average molecular weight is 231 g/mol. The number of ether oxygens (including phenoxy) is 1. The maximum atomic E-state index is 12.2. The van der Waals surface area contributed by atoms with Crippen LogP contribution in [0.3, 0.4) is 0 Å². The van der Waals surface area contributed by atoms with Gasteiger partial charge < -0.3 is 9.64 Å². The Morgan fingerprint density at radius 3 is 2.88 bits per heavy atom. The van der Waals surface area contributed by atoms with Crippen molar-refractivity contribution in [1.29, 1.82) is 0 Å². The summed E-state index contributed by atoms with van der Waals surface area (Å²) in [6.45, 7) is 2.02. The maximum absolute atomic E-state index is 12.2. The molecule has 0 spiro atoms. The van der Waals surface area contributed by atoms with Crippen LogP contribution in [0.15, 0.2) is 24.3 Å². The predicted molar refractivity (Wildman–Crippen MR) is 64.7 cm³/mol. The van der Waals surface area contributed by atoms with Crippen LogP contribution in [-0.2, 0) is 11.3 Å². The van der Waals surface area contributed by atoms with Crippen LogP contribution in [0.1, 0.15) is 24.8 Å². The van der Waals surface area contributed by atoms with Gasteiger partial charge in [0.05, 0.1) is 6.54 Å². The minimum Gasteiger partial charge on any atom is -0.491 e. The Kier molecular flexibility index (Phi) is 2.75. The van der Waals surface area contributed by atoms with E-state index < -0.39 is 0 Å². The monoisotopic (exact) mass is 231 g/mol. The zero-order valence-corrected chi connectivity index (χ0v) is 9.89. The predicted octanol–water partition coefficient (Wildman–Crippen LogP) is 2.21. The minimum absolute atomic E-state index is 0.278. The van der Waals surface area contributed by atoms with Crippen LogP contribution in [0.25, 0.3) is 0 Å². The smallest absolute Gasteiger partial charge is 0.226 e. The summed E-state index contributed by atoms with van der Waals surface area (Å²) in [4.78, 5) is 14.2. The summed E-state index contributed by atoms with van der Waals surface area (Å²) in [5, 5.41) is 0. The minimum atomic E-state index is 0.278. The fourth-order valence-corrected chi connectivity index (χ4v) is 2.43. The number of hydrogen-bond acceptors (Lipinski definition) is 2. The second kappa shape index (κ2) is 4.40. The molecule has 0 aromatic heterocycles. The molecule has 0 radical (unpaired) electrons. The third-order valence-corrected chi connectivity index (χ3v) is 3.72. The van der Waals surface area contributed by atoms with Crippen molar-refractivity contribution in [2.24, 2.45) is 5.92 Å². The molecule has 2 aliphatic rings. The second-order valence-corrected chi connectivity index (χ2v) is 4.84. The van der Waals surface area contributed by atoms with Crippen molar-refractivity contribution in [3.8, 4) is 5.75 Å². The quantitative estimate of drug-likeness (QED) is 0.741. The van der Waals surface area contributed by atoms with E-state index in [-0.39, 0.29) is 5.92 Å². The van der Waals surface area contributed by atoms with E-state index in [1.807, 2.05) is 29.2 Å². The molecular weight excluding hydrogens is 214 g/mol. The molecule has 1 heterocycles. The Hall–Kier alpha value is -1.51. The van der Waals surface area contributed by atoms with E-state index in [2.05, 4.69) is 0 Å². The number of benzene rings is 1. The van der Waals surface area contributed by atoms with Gasteiger partial charge in [-0.05, 0) is 18.9 Å². The van der Waals surface area contributed by atoms with Gasteiger partial charge in [0, 0.05) is 18.0 Å². The van der Waals surface area contributed by atoms with Crippen LogP contribution in [-0.4, -0.2) is 24.0 Å². The lowest BCUT2D eigenvalue weighted by Gasteiger charge is -2.30. The van der Waals surface area contributed by atoms with Crippen molar-refractivity contribution in [2.45, 2.75) is 25.8 Å². The van der Waals surface area contributed by atoms with Gasteiger partial charge in [0.25, 0.3) is 0 Å². The lowest BCUT2D eigenvalue weighted by Crippen LogP contribution is -2.39. The molecule has 90 valence electrons. The molecule has 3 heteroatoms. The van der Waals surface area contributed by atoms with Crippen molar-refractivity contribution < 1.29 is 9.53 Å². The third-order valence-electron chi connectivity index (χ3n) is 3.72. The summed E-state index contributed by atoms with van der Waals surface area (Å²) in [5.74, 6) is 1.52. The van der Waals surface area contributed by atoms with Gasteiger partial charge in [-0.2, -0.15) is 0 Å². The van der Waals surface area contributed by atoms with Crippen LogP contribution in [0.4, 0.5) is 0 Å². The Morgan fingerprint density at radius 1 is 1.29 bits per heavy atom. The van der Waals surface area contributed by atoms with Crippen molar-refractivity contribution >= 4 is 5.91 Å². The maximum Gasteiger partial charge on any atom is 0.226 e. The number of rotatable bonds is 1. The first kappa shape index (κ1) is 10.6. The standard InChI is InChI=1S/C14H17NO2/c16-14(11-5-3-6-11)15-8-9-17-13-7-2-1-4-12(13)10-15/h1-2,4,7,11H,3,5-6,8-10H2. The first-order valence-electron chi connectivity index (χ1n) is 6.34. The normalized spacial score (nSPS) is 19.9. The Balaban J connectivity index is 1.77. The fraction of sp³-hybridized carbons (Fsp3) is 0.500. The van der Waals surface area contributed by atoms with E-state index in [9.17, 15) is 4.79 Å². The number of amides is 1. The molecule has 1 aromatic rings. The summed E-state index contributed by atoms with van der Waals surface area (Å²) in [7, 11) is 0. The van der Waals surface area contributed by atoms with E-state index in [0.29, 0.717) is 25.6 Å². The van der Waals surface area contributed by atoms with E-state index in [4.69, 9.17) is 4.74 Å². The molecule has 0 atom stereocenters. The number of para-hydroxylation sites is 1. The molecule has 1 aromatic carbocycles. The molecule has 0 unspecified atom stereocenters. The summed E-state index contributed by atoms with van der Waals surface area (Å²) in [6, 6.07) is 8.00. The summed E-state index contributed by atoms with van der Waals surface area (Å²) in [6.07, 6.45) is 3.34. The topological polar surface area (TPSA) is 29.5 Å². The molecular formula is C14H17NO2. The molecule has 17 heavy (non-hydrogen) atoms. The Morgan fingerprint density at radius 2 is 2.12 bits per heavy atom. The van der Waals surface area contributed by atoms with Crippen LogP contribution in [0.2, 0.25) is 0 Å². The molecule has 1 amide bonds. The van der Waals surface area contributed by atoms with Gasteiger partial charge in [-0.3, -0.25) is 4.79 Å². The molecule has 1 saturated carbocycles. The lowest BCUT2D eigenvalue weighted by molar-refractivity contribution is -0.138. The Bertz CT molecular complexity index is 426. The van der Waals surface area contributed by atoms with Gasteiger partial charge in [0.2, 0.25) is 5.91 Å². The van der Waals surface area contributed by atoms with Gasteiger partial charge in [-0.1, -0.05) is 24.6 Å². The molecule has 0 N–H and O–H groups in total. The summed E-state index contributed by atoms with van der Waals surface area (Å²) >= 11 is 0. The molecule has 0 saturated heterocycles. The summed E-state index contributed by atoms with van der Waals surface area (Å²) < 4.78 is 5.67. The van der Waals surface area contributed by atoms with Gasteiger partial charge >= 0.3 is 0 Å². The van der Waals surface area contributed by atoms with Gasteiger partial charge in [-0.25, -0.2) is 0 Å². The van der Waals surface area contributed by atoms with E-state index in [1.165, 1.54) is 6.42 Å². The average Bonchev–Trinajstić information content (AvgIpc) is 2.48. The zero-order valence-electron chi connectivity index (χ0n) is 9.89. The van der Waals surface area contributed by atoms with Crippen molar-refractivity contribution in [3.63, 3.8) is 0 Å². The zero-order chi connectivity index (χ0) is 11.7. The molecule has 0 bridgehead atoms. The Labute approximate surface area is 101 Å². The van der Waals surface area contributed by atoms with Crippen LogP contribution >= 0.6 is 0 Å².